The fraction of sp³-hybridized carbons (Fsp3) is 0.167. The fourth-order valence-electron chi connectivity index (χ4n) is 2.03. The highest BCUT2D eigenvalue weighted by Gasteiger charge is 2.15. The number of hydrogen-bond acceptors (Lipinski definition) is 5. The summed E-state index contributed by atoms with van der Waals surface area (Å²) in [5, 5.41) is 2.58. The third-order valence-electron chi connectivity index (χ3n) is 3.11. The topological polar surface area (TPSA) is 81.7 Å². The number of nitrogens with one attached hydrogen (secondary N) is 1. The van der Waals surface area contributed by atoms with Crippen molar-refractivity contribution >= 4 is 23.3 Å². The van der Waals surface area contributed by atoms with E-state index in [2.05, 4.69) is 10.1 Å². The quantitative estimate of drug-likeness (QED) is 0.622. The lowest BCUT2D eigenvalue weighted by Crippen LogP contribution is -2.23. The molecule has 24 heavy (non-hydrogen) atoms. The molecule has 6 nitrogen and oxygen atoms in total. The minimum Gasteiger partial charge on any atom is -0.454 e. The molecule has 0 aliphatic heterocycles. The molecule has 0 aliphatic carbocycles. The van der Waals surface area contributed by atoms with Crippen LogP contribution in [0.2, 0.25) is 0 Å². The number of methoxy groups -OCH3 is 1. The molecule has 0 bridgehead atoms. The second kappa shape index (κ2) is 8.59. The molecule has 0 atom stereocenters. The van der Waals surface area contributed by atoms with Gasteiger partial charge in [0.05, 0.1) is 5.69 Å². The molecule has 0 aromatic heterocycles. The van der Waals surface area contributed by atoms with Crippen LogP contribution in [0.3, 0.4) is 0 Å². The summed E-state index contributed by atoms with van der Waals surface area (Å²) >= 11 is 0. The number of carbonyl (C=O) groups is 3. The van der Waals surface area contributed by atoms with E-state index in [0.717, 1.165) is 0 Å². The van der Waals surface area contributed by atoms with Gasteiger partial charge in [-0.05, 0) is 12.1 Å². The Hall–Kier alpha value is -2.99. The number of para-hydroxylation sites is 1. The maximum Gasteiger partial charge on any atom is 0.332 e. The Morgan fingerprint density at radius 2 is 1.58 bits per heavy atom. The third kappa shape index (κ3) is 4.76. The minimum absolute atomic E-state index is 0.206. The summed E-state index contributed by atoms with van der Waals surface area (Å²) in [5.41, 5.74) is 1.24. The van der Waals surface area contributed by atoms with Crippen LogP contribution in [0.25, 0.3) is 0 Å². The number of ether oxygens (including phenoxy) is 2. The zero-order valence-electron chi connectivity index (χ0n) is 13.2. The van der Waals surface area contributed by atoms with Crippen LogP contribution in [0.5, 0.6) is 0 Å². The first-order valence-corrected chi connectivity index (χ1v) is 7.25. The van der Waals surface area contributed by atoms with Crippen molar-refractivity contribution in [3.8, 4) is 0 Å². The lowest BCUT2D eigenvalue weighted by molar-refractivity contribution is -0.150. The van der Waals surface area contributed by atoms with E-state index in [1.807, 2.05) is 6.07 Å². The zero-order valence-corrected chi connectivity index (χ0v) is 13.2. The summed E-state index contributed by atoms with van der Waals surface area (Å²) in [6, 6.07) is 15.4. The van der Waals surface area contributed by atoms with Crippen molar-refractivity contribution in [3.63, 3.8) is 0 Å². The number of benzene rings is 2. The molecule has 0 spiro atoms. The van der Waals surface area contributed by atoms with Gasteiger partial charge in [0.15, 0.2) is 12.4 Å². The Bertz CT molecular complexity index is 727. The molecule has 0 saturated carbocycles. The predicted octanol–water partition coefficient (Wildman–Crippen LogP) is 2.05. The van der Waals surface area contributed by atoms with E-state index in [0.29, 0.717) is 16.8 Å². The SMILES string of the molecule is COCC(=O)OCC(=O)Nc1ccccc1C(=O)c1ccccc1. The number of hydrogen-bond donors (Lipinski definition) is 1. The standard InChI is InChI=1S/C18H17NO5/c1-23-12-17(21)24-11-16(20)19-15-10-6-5-9-14(15)18(22)13-7-3-2-4-8-13/h2-10H,11-12H2,1H3,(H,19,20). The van der Waals surface area contributed by atoms with Gasteiger partial charge in [-0.25, -0.2) is 4.79 Å². The van der Waals surface area contributed by atoms with Gasteiger partial charge in [0.25, 0.3) is 5.91 Å². The maximum absolute atomic E-state index is 12.5. The van der Waals surface area contributed by atoms with Gasteiger partial charge in [0.1, 0.15) is 6.61 Å². The highest BCUT2D eigenvalue weighted by Crippen LogP contribution is 2.19. The van der Waals surface area contributed by atoms with Crippen LogP contribution in [0.1, 0.15) is 15.9 Å². The molecule has 2 rings (SSSR count). The number of rotatable bonds is 7. The molecule has 6 heteroatoms. The first kappa shape index (κ1) is 17.4. The van der Waals surface area contributed by atoms with E-state index in [1.165, 1.54) is 7.11 Å². The normalized spacial score (nSPS) is 10.0. The fourth-order valence-corrected chi connectivity index (χ4v) is 2.03. The molecule has 0 radical (unpaired) electrons. The average molecular weight is 327 g/mol. The summed E-state index contributed by atoms with van der Waals surface area (Å²) in [6.07, 6.45) is 0. The largest absolute Gasteiger partial charge is 0.454 e. The second-order valence-electron chi connectivity index (χ2n) is 4.88. The van der Waals surface area contributed by atoms with Crippen molar-refractivity contribution in [2.75, 3.05) is 25.6 Å². The molecule has 2 aromatic carbocycles. The van der Waals surface area contributed by atoms with Crippen molar-refractivity contribution in [1.82, 2.24) is 0 Å². The lowest BCUT2D eigenvalue weighted by atomic mass is 10.0. The molecule has 0 unspecified atom stereocenters. The first-order valence-electron chi connectivity index (χ1n) is 7.25. The van der Waals surface area contributed by atoms with Crippen molar-refractivity contribution in [3.05, 3.63) is 65.7 Å². The van der Waals surface area contributed by atoms with Gasteiger partial charge in [0, 0.05) is 18.2 Å². The van der Waals surface area contributed by atoms with Crippen molar-refractivity contribution in [1.29, 1.82) is 0 Å². The molecular weight excluding hydrogens is 310 g/mol. The molecule has 0 saturated heterocycles. The number of carbonyl (C=O) groups excluding carboxylic acids is 3. The Balaban J connectivity index is 2.08. The van der Waals surface area contributed by atoms with Gasteiger partial charge < -0.3 is 14.8 Å². The Morgan fingerprint density at radius 1 is 0.917 bits per heavy atom. The lowest BCUT2D eigenvalue weighted by Gasteiger charge is -2.10. The maximum atomic E-state index is 12.5. The van der Waals surface area contributed by atoms with Crippen LogP contribution in [0.4, 0.5) is 5.69 Å². The van der Waals surface area contributed by atoms with Crippen LogP contribution in [-0.2, 0) is 19.1 Å². The highest BCUT2D eigenvalue weighted by molar-refractivity contribution is 6.13. The summed E-state index contributed by atoms with van der Waals surface area (Å²) in [4.78, 5) is 35.6. The van der Waals surface area contributed by atoms with E-state index in [-0.39, 0.29) is 12.4 Å². The smallest absolute Gasteiger partial charge is 0.332 e. The third-order valence-corrected chi connectivity index (χ3v) is 3.11. The molecule has 0 heterocycles. The summed E-state index contributed by atoms with van der Waals surface area (Å²) in [5.74, 6) is -1.38. The molecule has 124 valence electrons. The number of anilines is 1. The van der Waals surface area contributed by atoms with E-state index in [1.54, 1.807) is 48.5 Å². The van der Waals surface area contributed by atoms with E-state index in [9.17, 15) is 14.4 Å². The van der Waals surface area contributed by atoms with Gasteiger partial charge in [-0.2, -0.15) is 0 Å². The van der Waals surface area contributed by atoms with Gasteiger partial charge >= 0.3 is 5.97 Å². The number of esters is 1. The van der Waals surface area contributed by atoms with Crippen molar-refractivity contribution < 1.29 is 23.9 Å². The van der Waals surface area contributed by atoms with E-state index in [4.69, 9.17) is 4.74 Å². The second-order valence-corrected chi connectivity index (χ2v) is 4.88. The van der Waals surface area contributed by atoms with Gasteiger partial charge in [-0.3, -0.25) is 9.59 Å². The first-order chi connectivity index (χ1) is 11.6. The van der Waals surface area contributed by atoms with E-state index >= 15 is 0 Å². The van der Waals surface area contributed by atoms with Gasteiger partial charge in [-0.1, -0.05) is 42.5 Å². The van der Waals surface area contributed by atoms with Crippen molar-refractivity contribution in [2.45, 2.75) is 0 Å². The number of ketones is 1. The van der Waals surface area contributed by atoms with Crippen LogP contribution in [0.15, 0.2) is 54.6 Å². The van der Waals surface area contributed by atoms with Gasteiger partial charge in [-0.15, -0.1) is 0 Å². The van der Waals surface area contributed by atoms with Crippen LogP contribution in [-0.4, -0.2) is 38.0 Å². The van der Waals surface area contributed by atoms with Crippen LogP contribution < -0.4 is 5.32 Å². The molecule has 1 amide bonds. The van der Waals surface area contributed by atoms with Crippen molar-refractivity contribution in [2.24, 2.45) is 0 Å². The Labute approximate surface area is 139 Å². The highest BCUT2D eigenvalue weighted by atomic mass is 16.6. The summed E-state index contributed by atoms with van der Waals surface area (Å²) in [6.45, 7) is -0.674. The monoisotopic (exact) mass is 327 g/mol. The molecule has 2 aromatic rings. The molecule has 0 aliphatic rings. The van der Waals surface area contributed by atoms with Crippen LogP contribution >= 0.6 is 0 Å². The predicted molar refractivity (Wildman–Crippen MR) is 87.8 cm³/mol. The van der Waals surface area contributed by atoms with Crippen LogP contribution in [0, 0.1) is 0 Å². The average Bonchev–Trinajstić information content (AvgIpc) is 2.61. The van der Waals surface area contributed by atoms with E-state index < -0.39 is 18.5 Å². The van der Waals surface area contributed by atoms with Gasteiger partial charge in [0.2, 0.25) is 0 Å². The minimum atomic E-state index is -0.638. The summed E-state index contributed by atoms with van der Waals surface area (Å²) < 4.78 is 9.34. The molecule has 0 fully saturated rings. The Kier molecular flexibility index (Phi) is 6.22. The number of amides is 1. The molecular formula is C18H17NO5. The summed E-state index contributed by atoms with van der Waals surface area (Å²) in [7, 11) is 1.35. The molecule has 1 N–H and O–H groups in total. The zero-order chi connectivity index (χ0) is 17.4. The Morgan fingerprint density at radius 3 is 2.29 bits per heavy atom.